The Bertz CT molecular complexity index is 280. The van der Waals surface area contributed by atoms with Gasteiger partial charge in [0.05, 0.1) is 3.21 Å². The average Bonchev–Trinajstić information content (AvgIpc) is 1.99. The van der Waals surface area contributed by atoms with Crippen LogP contribution in [0.4, 0.5) is 13.2 Å². The summed E-state index contributed by atoms with van der Waals surface area (Å²) in [5.41, 5.74) is 0. The molecule has 12 heavy (non-hydrogen) atoms. The minimum Gasteiger partial charge on any atom is -0.204 e. The third-order valence-electron chi connectivity index (χ3n) is 1.16. The predicted octanol–water partition coefficient (Wildman–Crippen LogP) is 3.91. The zero-order chi connectivity index (χ0) is 9.30. The topological polar surface area (TPSA) is 0 Å². The van der Waals surface area contributed by atoms with Gasteiger partial charge < -0.3 is 0 Å². The highest BCUT2D eigenvalue weighted by molar-refractivity contribution is 14.3. The van der Waals surface area contributed by atoms with E-state index >= 15 is 0 Å². The highest BCUT2D eigenvalue weighted by Gasteiger charge is 2.13. The summed E-state index contributed by atoms with van der Waals surface area (Å²) < 4.78 is 37.0. The third kappa shape index (κ3) is 2.45. The summed E-state index contributed by atoms with van der Waals surface area (Å²) >= 11 is 4.10. The van der Waals surface area contributed by atoms with E-state index in [4.69, 9.17) is 0 Å². The van der Waals surface area contributed by atoms with Gasteiger partial charge in [0, 0.05) is 5.30 Å². The average molecular weight is 416 g/mol. The Balaban J connectivity index is 3.21. The van der Waals surface area contributed by atoms with Crippen LogP contribution >= 0.6 is 47.3 Å². The largest absolute Gasteiger partial charge is 0.204 e. The quantitative estimate of drug-likeness (QED) is 0.370. The van der Waals surface area contributed by atoms with E-state index in [1.54, 1.807) is 0 Å². The SMILES string of the molecule is Fc1cc(P(I)I)cc(F)c1F. The fraction of sp³-hybridized carbons (Fsp3) is 0. The monoisotopic (exact) mass is 416 g/mol. The van der Waals surface area contributed by atoms with Crippen molar-refractivity contribution >= 4 is 52.6 Å². The first-order chi connectivity index (χ1) is 5.52. The molecule has 0 atom stereocenters. The summed E-state index contributed by atoms with van der Waals surface area (Å²) in [7, 11) is 0. The van der Waals surface area contributed by atoms with Crippen molar-refractivity contribution < 1.29 is 13.2 Å². The molecule has 0 heterocycles. The maximum absolute atomic E-state index is 12.6. The fourth-order valence-electron chi connectivity index (χ4n) is 0.640. The molecule has 0 aliphatic carbocycles. The highest BCUT2D eigenvalue weighted by Crippen LogP contribution is 2.52. The van der Waals surface area contributed by atoms with Crippen LogP contribution in [0.5, 0.6) is 0 Å². The van der Waals surface area contributed by atoms with Crippen molar-refractivity contribution in [3.63, 3.8) is 0 Å². The zero-order valence-corrected chi connectivity index (χ0v) is 10.7. The van der Waals surface area contributed by atoms with Crippen LogP contribution in [0.1, 0.15) is 0 Å². The van der Waals surface area contributed by atoms with Crippen LogP contribution in [-0.2, 0) is 0 Å². The van der Waals surface area contributed by atoms with Crippen LogP contribution in [0, 0.1) is 17.5 Å². The summed E-state index contributed by atoms with van der Waals surface area (Å²) in [6, 6.07) is 2.06. The van der Waals surface area contributed by atoms with Crippen molar-refractivity contribution in [3.8, 4) is 0 Å². The Labute approximate surface area is 94.6 Å². The van der Waals surface area contributed by atoms with Gasteiger partial charge in [0.25, 0.3) is 0 Å². The highest BCUT2D eigenvalue weighted by atomic mass is 127. The summed E-state index contributed by atoms with van der Waals surface area (Å²) in [6.07, 6.45) is 0. The third-order valence-corrected chi connectivity index (χ3v) is 5.15. The lowest BCUT2D eigenvalue weighted by Gasteiger charge is -2.02. The van der Waals surface area contributed by atoms with Crippen LogP contribution < -0.4 is 5.30 Å². The van der Waals surface area contributed by atoms with Crippen molar-refractivity contribution in [1.29, 1.82) is 0 Å². The summed E-state index contributed by atoms with van der Waals surface area (Å²) in [5, 5.41) is 0.502. The second-order valence-corrected chi connectivity index (χ2v) is 14.3. The molecule has 66 valence electrons. The van der Waals surface area contributed by atoms with Gasteiger partial charge in [0.15, 0.2) is 17.5 Å². The van der Waals surface area contributed by atoms with Gasteiger partial charge in [-0.25, -0.2) is 13.2 Å². The van der Waals surface area contributed by atoms with E-state index in [9.17, 15) is 13.2 Å². The maximum Gasteiger partial charge on any atom is 0.194 e. The Morgan fingerprint density at radius 2 is 1.42 bits per heavy atom. The second kappa shape index (κ2) is 4.41. The van der Waals surface area contributed by atoms with Crippen molar-refractivity contribution in [2.24, 2.45) is 0 Å². The molecule has 0 saturated carbocycles. The maximum atomic E-state index is 12.6. The van der Waals surface area contributed by atoms with Crippen LogP contribution in [-0.4, -0.2) is 0 Å². The lowest BCUT2D eigenvalue weighted by atomic mass is 10.3. The van der Waals surface area contributed by atoms with E-state index in [-0.39, 0.29) is 0 Å². The molecular formula is C6H2F3I2P. The number of benzene rings is 1. The van der Waals surface area contributed by atoms with Crippen molar-refractivity contribution in [2.75, 3.05) is 0 Å². The first-order valence-corrected chi connectivity index (χ1v) is 9.70. The molecule has 0 saturated heterocycles. The molecule has 0 bridgehead atoms. The van der Waals surface area contributed by atoms with Gasteiger partial charge in [0.2, 0.25) is 0 Å². The Kier molecular flexibility index (Phi) is 4.04. The van der Waals surface area contributed by atoms with Crippen molar-refractivity contribution in [3.05, 3.63) is 29.6 Å². The van der Waals surface area contributed by atoms with Crippen LogP contribution in [0.25, 0.3) is 0 Å². The molecule has 0 amide bonds. The number of hydrogen-bond donors (Lipinski definition) is 0. The van der Waals surface area contributed by atoms with Gasteiger partial charge in [-0.1, -0.05) is 0 Å². The number of halogens is 5. The summed E-state index contributed by atoms with van der Waals surface area (Å²) in [5.74, 6) is -3.64. The van der Waals surface area contributed by atoms with Gasteiger partial charge in [-0.3, -0.25) is 0 Å². The predicted molar refractivity (Wildman–Crippen MR) is 60.9 cm³/mol. The standard InChI is InChI=1S/C6H2F3I2P/c7-4-1-3(12(10)11)2-5(8)6(4)9/h1-2H. The molecule has 0 nitrogen and oxygen atoms in total. The Morgan fingerprint density at radius 3 is 1.75 bits per heavy atom. The van der Waals surface area contributed by atoms with Gasteiger partial charge >= 0.3 is 0 Å². The van der Waals surface area contributed by atoms with E-state index in [0.717, 1.165) is 12.1 Å². The molecule has 1 rings (SSSR count). The Morgan fingerprint density at radius 1 is 1.00 bits per heavy atom. The first kappa shape index (κ1) is 11.0. The normalized spacial score (nSPS) is 10.8. The first-order valence-electron chi connectivity index (χ1n) is 2.78. The number of rotatable bonds is 1. The van der Waals surface area contributed by atoms with Crippen LogP contribution in [0.15, 0.2) is 12.1 Å². The summed E-state index contributed by atoms with van der Waals surface area (Å²) in [4.78, 5) is 0. The molecule has 0 spiro atoms. The van der Waals surface area contributed by atoms with Gasteiger partial charge in [-0.05, 0) is 56.2 Å². The fourth-order valence-corrected chi connectivity index (χ4v) is 2.73. The molecule has 0 fully saturated rings. The van der Waals surface area contributed by atoms with E-state index in [2.05, 4.69) is 0 Å². The number of hydrogen-bond acceptors (Lipinski definition) is 0. The second-order valence-electron chi connectivity index (χ2n) is 1.96. The van der Waals surface area contributed by atoms with E-state index in [1.807, 2.05) is 44.1 Å². The molecule has 0 unspecified atom stereocenters. The lowest BCUT2D eigenvalue weighted by molar-refractivity contribution is 0.448. The van der Waals surface area contributed by atoms with Crippen LogP contribution in [0.3, 0.4) is 0 Å². The zero-order valence-electron chi connectivity index (χ0n) is 5.49. The molecule has 6 heteroatoms. The van der Waals surface area contributed by atoms with Crippen LogP contribution in [0.2, 0.25) is 0 Å². The van der Waals surface area contributed by atoms with Gasteiger partial charge in [-0.15, -0.1) is 0 Å². The van der Waals surface area contributed by atoms with Gasteiger partial charge in [0.1, 0.15) is 0 Å². The summed E-state index contributed by atoms with van der Waals surface area (Å²) in [6.45, 7) is 0. The van der Waals surface area contributed by atoms with E-state index in [1.165, 1.54) is 0 Å². The molecule has 0 aromatic heterocycles. The van der Waals surface area contributed by atoms with Crippen molar-refractivity contribution in [1.82, 2.24) is 0 Å². The molecule has 0 aliphatic rings. The molecule has 0 N–H and O–H groups in total. The Hall–Kier alpha value is 0.900. The molecule has 0 aliphatic heterocycles. The molecular weight excluding hydrogens is 414 g/mol. The van der Waals surface area contributed by atoms with Gasteiger partial charge in [-0.2, -0.15) is 0 Å². The van der Waals surface area contributed by atoms with Crippen molar-refractivity contribution in [2.45, 2.75) is 0 Å². The smallest absolute Gasteiger partial charge is 0.194 e. The van der Waals surface area contributed by atoms with E-state index in [0.29, 0.717) is 5.30 Å². The molecule has 0 radical (unpaired) electrons. The molecule has 1 aromatic carbocycles. The lowest BCUT2D eigenvalue weighted by Crippen LogP contribution is -2.01. The minimum atomic E-state index is -1.40. The minimum absolute atomic E-state index is 0.502. The molecule has 1 aromatic rings. The van der Waals surface area contributed by atoms with E-state index < -0.39 is 20.7 Å².